The minimum Gasteiger partial charge on any atom is -0.452 e. The summed E-state index contributed by atoms with van der Waals surface area (Å²) < 4.78 is 18.9. The van der Waals surface area contributed by atoms with Crippen LogP contribution in [-0.4, -0.2) is 4.92 Å². The van der Waals surface area contributed by atoms with Crippen molar-refractivity contribution in [3.05, 3.63) is 57.9 Å². The largest absolute Gasteiger partial charge is 0.452 e. The van der Waals surface area contributed by atoms with Gasteiger partial charge >= 0.3 is 0 Å². The predicted octanol–water partition coefficient (Wildman–Crippen LogP) is 3.42. The number of nitro benzene ring substituents is 1. The third kappa shape index (κ3) is 2.79. The second kappa shape index (κ2) is 4.93. The van der Waals surface area contributed by atoms with Crippen LogP contribution in [0.2, 0.25) is 0 Å². The SMILES string of the molecule is Cc1ccc(F)c(Oc2ccc([N+](=O)[O-])cc2N)c1. The first-order valence-electron chi connectivity index (χ1n) is 5.45. The van der Waals surface area contributed by atoms with Crippen LogP contribution >= 0.6 is 0 Å². The van der Waals surface area contributed by atoms with E-state index in [4.69, 9.17) is 10.5 Å². The van der Waals surface area contributed by atoms with Gasteiger partial charge in [0.25, 0.3) is 5.69 Å². The molecule has 2 aromatic rings. The van der Waals surface area contributed by atoms with E-state index in [1.165, 1.54) is 30.3 Å². The summed E-state index contributed by atoms with van der Waals surface area (Å²) in [6.45, 7) is 1.80. The Hall–Kier alpha value is -2.63. The molecule has 2 rings (SSSR count). The average molecular weight is 262 g/mol. The van der Waals surface area contributed by atoms with Gasteiger partial charge < -0.3 is 10.5 Å². The van der Waals surface area contributed by atoms with Gasteiger partial charge in [-0.15, -0.1) is 0 Å². The maximum atomic E-state index is 13.5. The molecule has 0 fully saturated rings. The first kappa shape index (κ1) is 12.8. The Balaban J connectivity index is 2.33. The number of nitrogen functional groups attached to an aromatic ring is 1. The molecule has 6 heteroatoms. The molecule has 0 unspecified atom stereocenters. The van der Waals surface area contributed by atoms with Crippen LogP contribution in [0.5, 0.6) is 11.5 Å². The van der Waals surface area contributed by atoms with Crippen molar-refractivity contribution in [2.45, 2.75) is 6.92 Å². The van der Waals surface area contributed by atoms with Crippen molar-refractivity contribution in [2.24, 2.45) is 0 Å². The molecule has 19 heavy (non-hydrogen) atoms. The van der Waals surface area contributed by atoms with Gasteiger partial charge in [0.05, 0.1) is 10.6 Å². The lowest BCUT2D eigenvalue weighted by Gasteiger charge is -2.09. The molecule has 2 N–H and O–H groups in total. The van der Waals surface area contributed by atoms with Crippen LogP contribution in [0.1, 0.15) is 5.56 Å². The number of benzene rings is 2. The van der Waals surface area contributed by atoms with E-state index >= 15 is 0 Å². The molecule has 0 amide bonds. The van der Waals surface area contributed by atoms with Gasteiger partial charge in [0.2, 0.25) is 0 Å². The zero-order chi connectivity index (χ0) is 14.0. The second-order valence-electron chi connectivity index (χ2n) is 4.02. The van der Waals surface area contributed by atoms with E-state index in [1.54, 1.807) is 13.0 Å². The van der Waals surface area contributed by atoms with Crippen molar-refractivity contribution < 1.29 is 14.1 Å². The van der Waals surface area contributed by atoms with E-state index in [-0.39, 0.29) is 22.9 Å². The number of hydrogen-bond donors (Lipinski definition) is 1. The molecule has 0 saturated carbocycles. The molecule has 0 saturated heterocycles. The number of nitro groups is 1. The van der Waals surface area contributed by atoms with Crippen molar-refractivity contribution in [2.75, 3.05) is 5.73 Å². The van der Waals surface area contributed by atoms with Gasteiger partial charge in [-0.25, -0.2) is 4.39 Å². The molecule has 0 aliphatic rings. The smallest absolute Gasteiger partial charge is 0.271 e. The van der Waals surface area contributed by atoms with Crippen molar-refractivity contribution >= 4 is 11.4 Å². The quantitative estimate of drug-likeness (QED) is 0.522. The summed E-state index contributed by atoms with van der Waals surface area (Å²) in [5.74, 6) is -0.320. The summed E-state index contributed by atoms with van der Waals surface area (Å²) in [6, 6.07) is 8.18. The number of aryl methyl sites for hydroxylation is 1. The van der Waals surface area contributed by atoms with Gasteiger partial charge in [-0.3, -0.25) is 10.1 Å². The predicted molar refractivity (Wildman–Crippen MR) is 68.7 cm³/mol. The molecule has 0 spiro atoms. The Labute approximate surface area is 108 Å². The molecule has 0 aliphatic heterocycles. The van der Waals surface area contributed by atoms with Crippen LogP contribution < -0.4 is 10.5 Å². The van der Waals surface area contributed by atoms with E-state index in [9.17, 15) is 14.5 Å². The van der Waals surface area contributed by atoms with Gasteiger partial charge in [0.1, 0.15) is 0 Å². The molecule has 2 aromatic carbocycles. The highest BCUT2D eigenvalue weighted by molar-refractivity contribution is 5.59. The number of anilines is 1. The Kier molecular flexibility index (Phi) is 3.33. The highest BCUT2D eigenvalue weighted by atomic mass is 19.1. The third-order valence-corrected chi connectivity index (χ3v) is 2.51. The molecule has 5 nitrogen and oxygen atoms in total. The molecule has 0 aromatic heterocycles. The molecule has 0 bridgehead atoms. The van der Waals surface area contributed by atoms with Crippen LogP contribution in [-0.2, 0) is 0 Å². The summed E-state index contributed by atoms with van der Waals surface area (Å²) in [4.78, 5) is 10.0. The Morgan fingerprint density at radius 2 is 1.95 bits per heavy atom. The highest BCUT2D eigenvalue weighted by Crippen LogP contribution is 2.32. The third-order valence-electron chi connectivity index (χ3n) is 2.51. The molecule has 0 aliphatic carbocycles. The summed E-state index contributed by atoms with van der Waals surface area (Å²) in [5.41, 5.74) is 6.41. The normalized spacial score (nSPS) is 10.2. The molecule has 0 radical (unpaired) electrons. The standard InChI is InChI=1S/C13H11FN2O3/c1-8-2-4-10(14)13(6-8)19-12-5-3-9(16(17)18)7-11(12)15/h2-7H,15H2,1H3. The zero-order valence-corrected chi connectivity index (χ0v) is 10.1. The maximum Gasteiger partial charge on any atom is 0.271 e. The molecule has 0 atom stereocenters. The first-order valence-corrected chi connectivity index (χ1v) is 5.45. The van der Waals surface area contributed by atoms with Gasteiger partial charge in [0, 0.05) is 12.1 Å². The van der Waals surface area contributed by atoms with Crippen LogP contribution in [0.4, 0.5) is 15.8 Å². The lowest BCUT2D eigenvalue weighted by atomic mass is 10.2. The number of non-ortho nitro benzene ring substituents is 1. The van der Waals surface area contributed by atoms with Gasteiger partial charge in [-0.1, -0.05) is 6.07 Å². The first-order chi connectivity index (χ1) is 8.97. The van der Waals surface area contributed by atoms with Crippen molar-refractivity contribution in [1.29, 1.82) is 0 Å². The lowest BCUT2D eigenvalue weighted by molar-refractivity contribution is -0.384. The zero-order valence-electron chi connectivity index (χ0n) is 10.1. The number of nitrogens with zero attached hydrogens (tertiary/aromatic N) is 1. The summed E-state index contributed by atoms with van der Waals surface area (Å²) in [6.07, 6.45) is 0. The van der Waals surface area contributed by atoms with Crippen molar-refractivity contribution in [1.82, 2.24) is 0 Å². The second-order valence-corrected chi connectivity index (χ2v) is 4.02. The van der Waals surface area contributed by atoms with Crippen molar-refractivity contribution in [3.8, 4) is 11.5 Å². The van der Waals surface area contributed by atoms with Crippen molar-refractivity contribution in [3.63, 3.8) is 0 Å². The number of nitrogens with two attached hydrogens (primary N) is 1. The van der Waals surface area contributed by atoms with E-state index in [2.05, 4.69) is 0 Å². The fourth-order valence-corrected chi connectivity index (χ4v) is 1.55. The summed E-state index contributed by atoms with van der Waals surface area (Å²) in [5, 5.41) is 10.6. The van der Waals surface area contributed by atoms with Crippen LogP contribution in [0.15, 0.2) is 36.4 Å². The fourth-order valence-electron chi connectivity index (χ4n) is 1.55. The molecule has 98 valence electrons. The minimum absolute atomic E-state index is 0.0283. The Morgan fingerprint density at radius 1 is 1.21 bits per heavy atom. The number of rotatable bonds is 3. The van der Waals surface area contributed by atoms with Gasteiger partial charge in [-0.05, 0) is 30.7 Å². The monoisotopic (exact) mass is 262 g/mol. The number of halogens is 1. The summed E-state index contributed by atoms with van der Waals surface area (Å²) >= 11 is 0. The number of hydrogen-bond acceptors (Lipinski definition) is 4. The van der Waals surface area contributed by atoms with E-state index in [0.29, 0.717) is 0 Å². The number of ether oxygens (including phenoxy) is 1. The topological polar surface area (TPSA) is 78.4 Å². The van der Waals surface area contributed by atoms with E-state index in [0.717, 1.165) is 5.56 Å². The molecular formula is C13H11FN2O3. The lowest BCUT2D eigenvalue weighted by Crippen LogP contribution is -1.96. The van der Waals surface area contributed by atoms with E-state index < -0.39 is 10.7 Å². The summed E-state index contributed by atoms with van der Waals surface area (Å²) in [7, 11) is 0. The highest BCUT2D eigenvalue weighted by Gasteiger charge is 2.12. The minimum atomic E-state index is -0.562. The average Bonchev–Trinajstić information content (AvgIpc) is 2.36. The van der Waals surface area contributed by atoms with Crippen LogP contribution in [0.25, 0.3) is 0 Å². The van der Waals surface area contributed by atoms with Gasteiger partial charge in [-0.2, -0.15) is 0 Å². The molecule has 0 heterocycles. The van der Waals surface area contributed by atoms with E-state index in [1.807, 2.05) is 0 Å². The van der Waals surface area contributed by atoms with Crippen LogP contribution in [0, 0.1) is 22.9 Å². The molecular weight excluding hydrogens is 251 g/mol. The van der Waals surface area contributed by atoms with Crippen LogP contribution in [0.3, 0.4) is 0 Å². The fraction of sp³-hybridized carbons (Fsp3) is 0.0769. The Bertz CT molecular complexity index is 644. The Morgan fingerprint density at radius 3 is 2.58 bits per heavy atom. The van der Waals surface area contributed by atoms with Gasteiger partial charge in [0.15, 0.2) is 17.3 Å². The maximum absolute atomic E-state index is 13.5.